The van der Waals surface area contributed by atoms with E-state index in [0.29, 0.717) is 11.4 Å². The van der Waals surface area contributed by atoms with Crippen molar-refractivity contribution in [1.82, 2.24) is 15.3 Å². The van der Waals surface area contributed by atoms with Crippen molar-refractivity contribution in [2.24, 2.45) is 0 Å². The van der Waals surface area contributed by atoms with E-state index in [1.54, 1.807) is 11.3 Å². The Kier molecular flexibility index (Phi) is 5.30. The lowest BCUT2D eigenvalue weighted by Crippen LogP contribution is -2.25. The van der Waals surface area contributed by atoms with E-state index < -0.39 is 0 Å². The van der Waals surface area contributed by atoms with Gasteiger partial charge in [-0.05, 0) is 27.7 Å². The summed E-state index contributed by atoms with van der Waals surface area (Å²) in [5.41, 5.74) is 1.84. The zero-order valence-electron chi connectivity index (χ0n) is 12.7. The molecule has 0 fully saturated rings. The third-order valence-corrected chi connectivity index (χ3v) is 5.21. The monoisotopic (exact) mass is 324 g/mol. The van der Waals surface area contributed by atoms with Crippen LogP contribution in [0.3, 0.4) is 0 Å². The van der Waals surface area contributed by atoms with Crippen molar-refractivity contribution in [3.63, 3.8) is 0 Å². The minimum Gasteiger partial charge on any atom is -0.362 e. The number of carbonyl (C=O) groups is 1. The predicted octanol–water partition coefficient (Wildman–Crippen LogP) is 2.93. The van der Waals surface area contributed by atoms with Crippen LogP contribution in [0.2, 0.25) is 0 Å². The molecule has 0 aromatic carbocycles. The third kappa shape index (κ3) is 4.01. The van der Waals surface area contributed by atoms with Crippen LogP contribution < -0.4 is 10.6 Å². The Morgan fingerprint density at radius 3 is 2.52 bits per heavy atom. The molecule has 0 spiro atoms. The molecule has 0 atom stereocenters. The van der Waals surface area contributed by atoms with Gasteiger partial charge in [-0.25, -0.2) is 9.97 Å². The first-order chi connectivity index (χ1) is 10.0. The number of hydrogen-bond donors (Lipinski definition) is 2. The van der Waals surface area contributed by atoms with Gasteiger partial charge in [0.25, 0.3) is 5.91 Å². The fraction of sp³-hybridized carbons (Fsp3) is 0.500. The minimum atomic E-state index is -0.0481. The number of thiazole rings is 2. The minimum absolute atomic E-state index is 0.0481. The molecule has 2 rings (SSSR count). The molecule has 21 heavy (non-hydrogen) atoms. The quantitative estimate of drug-likeness (QED) is 0.857. The van der Waals surface area contributed by atoms with Gasteiger partial charge >= 0.3 is 0 Å². The molecular weight excluding hydrogens is 304 g/mol. The Hall–Kier alpha value is -1.47. The van der Waals surface area contributed by atoms with Crippen molar-refractivity contribution in [3.05, 3.63) is 26.1 Å². The highest BCUT2D eigenvalue weighted by atomic mass is 32.1. The maximum Gasteiger partial charge on any atom is 0.263 e. The van der Waals surface area contributed by atoms with Crippen LogP contribution in [-0.2, 0) is 6.42 Å². The van der Waals surface area contributed by atoms with Gasteiger partial charge in [0, 0.05) is 24.4 Å². The van der Waals surface area contributed by atoms with Crippen molar-refractivity contribution in [1.29, 1.82) is 0 Å². The maximum atomic E-state index is 12.2. The SMILES string of the molecule is CCNc1nc(C)c(C(=O)NCCc2sc(C)nc2C)s1. The first-order valence-electron chi connectivity index (χ1n) is 6.93. The first kappa shape index (κ1) is 15.9. The smallest absolute Gasteiger partial charge is 0.263 e. The number of nitrogens with zero attached hydrogens (tertiary/aromatic N) is 2. The summed E-state index contributed by atoms with van der Waals surface area (Å²) < 4.78 is 0. The number of carbonyl (C=O) groups excluding carboxylic acids is 1. The molecule has 5 nitrogen and oxygen atoms in total. The number of amides is 1. The largest absolute Gasteiger partial charge is 0.362 e. The van der Waals surface area contributed by atoms with Gasteiger partial charge in [0.1, 0.15) is 4.88 Å². The molecule has 0 saturated carbocycles. The lowest BCUT2D eigenvalue weighted by molar-refractivity contribution is 0.0957. The van der Waals surface area contributed by atoms with Gasteiger partial charge in [-0.15, -0.1) is 11.3 Å². The van der Waals surface area contributed by atoms with Crippen molar-refractivity contribution in [2.75, 3.05) is 18.4 Å². The van der Waals surface area contributed by atoms with E-state index in [9.17, 15) is 4.79 Å². The van der Waals surface area contributed by atoms with Crippen LogP contribution in [0.15, 0.2) is 0 Å². The van der Waals surface area contributed by atoms with E-state index in [1.807, 2.05) is 27.7 Å². The summed E-state index contributed by atoms with van der Waals surface area (Å²) >= 11 is 3.10. The van der Waals surface area contributed by atoms with Crippen LogP contribution in [0.1, 0.15) is 37.9 Å². The van der Waals surface area contributed by atoms with Gasteiger partial charge in [0.15, 0.2) is 5.13 Å². The summed E-state index contributed by atoms with van der Waals surface area (Å²) in [4.78, 5) is 22.8. The molecule has 0 radical (unpaired) electrons. The molecule has 114 valence electrons. The predicted molar refractivity (Wildman–Crippen MR) is 88.6 cm³/mol. The molecule has 0 bridgehead atoms. The van der Waals surface area contributed by atoms with Crippen molar-refractivity contribution >= 4 is 33.7 Å². The fourth-order valence-corrected chi connectivity index (χ4v) is 3.90. The van der Waals surface area contributed by atoms with Crippen LogP contribution in [0.5, 0.6) is 0 Å². The molecule has 0 saturated heterocycles. The van der Waals surface area contributed by atoms with Crippen molar-refractivity contribution in [3.8, 4) is 0 Å². The molecular formula is C14H20N4OS2. The van der Waals surface area contributed by atoms with E-state index >= 15 is 0 Å². The Morgan fingerprint density at radius 1 is 1.14 bits per heavy atom. The maximum absolute atomic E-state index is 12.2. The number of rotatable bonds is 6. The van der Waals surface area contributed by atoms with Gasteiger partial charge in [-0.3, -0.25) is 4.79 Å². The second-order valence-corrected chi connectivity index (χ2v) is 7.00. The normalized spacial score (nSPS) is 10.7. The van der Waals surface area contributed by atoms with Gasteiger partial charge in [-0.2, -0.15) is 0 Å². The number of nitrogens with one attached hydrogen (secondary N) is 2. The molecule has 7 heteroatoms. The average Bonchev–Trinajstić information content (AvgIpc) is 2.93. The highest BCUT2D eigenvalue weighted by molar-refractivity contribution is 7.17. The second kappa shape index (κ2) is 7.00. The van der Waals surface area contributed by atoms with Gasteiger partial charge in [0.05, 0.1) is 16.4 Å². The molecule has 2 aromatic rings. The molecule has 2 heterocycles. The third-order valence-electron chi connectivity index (χ3n) is 2.97. The van der Waals surface area contributed by atoms with Crippen molar-refractivity contribution in [2.45, 2.75) is 34.1 Å². The standard InChI is InChI=1S/C14H20N4OS2/c1-5-15-14-18-9(3)12(21-14)13(19)16-7-6-11-8(2)17-10(4)20-11/h5-7H2,1-4H3,(H,15,18)(H,16,19). The number of hydrogen-bond acceptors (Lipinski definition) is 6. The van der Waals surface area contributed by atoms with Crippen LogP contribution in [0.4, 0.5) is 5.13 Å². The lowest BCUT2D eigenvalue weighted by atomic mass is 10.3. The number of anilines is 1. The number of aromatic nitrogens is 2. The Balaban J connectivity index is 1.91. The number of aryl methyl sites for hydroxylation is 3. The van der Waals surface area contributed by atoms with Crippen LogP contribution >= 0.6 is 22.7 Å². The summed E-state index contributed by atoms with van der Waals surface area (Å²) in [6, 6.07) is 0. The van der Waals surface area contributed by atoms with E-state index in [1.165, 1.54) is 16.2 Å². The lowest BCUT2D eigenvalue weighted by Gasteiger charge is -2.03. The van der Waals surface area contributed by atoms with E-state index in [2.05, 4.69) is 20.6 Å². The summed E-state index contributed by atoms with van der Waals surface area (Å²) in [6.45, 7) is 9.31. The van der Waals surface area contributed by atoms with Crippen LogP contribution in [0, 0.1) is 20.8 Å². The Morgan fingerprint density at radius 2 is 1.90 bits per heavy atom. The summed E-state index contributed by atoms with van der Waals surface area (Å²) in [7, 11) is 0. The average molecular weight is 324 g/mol. The van der Waals surface area contributed by atoms with Crippen molar-refractivity contribution < 1.29 is 4.79 Å². The van der Waals surface area contributed by atoms with Gasteiger partial charge in [-0.1, -0.05) is 11.3 Å². The highest BCUT2D eigenvalue weighted by Gasteiger charge is 2.15. The Labute approximate surface area is 132 Å². The van der Waals surface area contributed by atoms with Crippen LogP contribution in [0.25, 0.3) is 0 Å². The molecule has 0 aliphatic heterocycles. The second-order valence-electron chi connectivity index (χ2n) is 4.71. The van der Waals surface area contributed by atoms with E-state index in [4.69, 9.17) is 0 Å². The molecule has 2 aromatic heterocycles. The Bertz CT molecular complexity index is 633. The van der Waals surface area contributed by atoms with Gasteiger partial charge < -0.3 is 10.6 Å². The molecule has 0 aliphatic rings. The van der Waals surface area contributed by atoms with E-state index in [0.717, 1.165) is 34.5 Å². The fourth-order valence-electron chi connectivity index (χ4n) is 2.01. The zero-order chi connectivity index (χ0) is 15.4. The van der Waals surface area contributed by atoms with Crippen LogP contribution in [-0.4, -0.2) is 29.0 Å². The summed E-state index contributed by atoms with van der Waals surface area (Å²) in [6.07, 6.45) is 0.820. The topological polar surface area (TPSA) is 66.9 Å². The summed E-state index contributed by atoms with van der Waals surface area (Å²) in [5.74, 6) is -0.0481. The molecule has 0 aliphatic carbocycles. The molecule has 2 N–H and O–H groups in total. The van der Waals surface area contributed by atoms with Gasteiger partial charge in [0.2, 0.25) is 0 Å². The molecule has 1 amide bonds. The molecule has 0 unspecified atom stereocenters. The summed E-state index contributed by atoms with van der Waals surface area (Å²) in [5, 5.41) is 7.97. The zero-order valence-corrected chi connectivity index (χ0v) is 14.4. The first-order valence-corrected chi connectivity index (χ1v) is 8.57. The highest BCUT2D eigenvalue weighted by Crippen LogP contribution is 2.22. The van der Waals surface area contributed by atoms with E-state index in [-0.39, 0.29) is 5.91 Å².